The highest BCUT2D eigenvalue weighted by Gasteiger charge is 2.26. The van der Waals surface area contributed by atoms with Gasteiger partial charge in [-0.2, -0.15) is 0 Å². The molecular formula is C12H17NO4S. The van der Waals surface area contributed by atoms with Crippen LogP contribution < -0.4 is 4.72 Å². The van der Waals surface area contributed by atoms with Crippen molar-refractivity contribution in [2.75, 3.05) is 0 Å². The molecule has 0 aliphatic rings. The van der Waals surface area contributed by atoms with E-state index in [1.807, 2.05) is 6.07 Å². The third-order valence-corrected chi connectivity index (χ3v) is 4.36. The van der Waals surface area contributed by atoms with Gasteiger partial charge in [0, 0.05) is 0 Å². The van der Waals surface area contributed by atoms with E-state index in [1.54, 1.807) is 24.3 Å². The molecule has 100 valence electrons. The lowest BCUT2D eigenvalue weighted by atomic mass is 10.1. The maximum atomic E-state index is 11.7. The van der Waals surface area contributed by atoms with E-state index >= 15 is 0 Å². The van der Waals surface area contributed by atoms with Gasteiger partial charge < -0.3 is 5.11 Å². The molecule has 0 amide bonds. The second-order valence-electron chi connectivity index (χ2n) is 4.29. The lowest BCUT2D eigenvalue weighted by molar-refractivity contribution is -0.138. The van der Waals surface area contributed by atoms with E-state index in [1.165, 1.54) is 13.8 Å². The van der Waals surface area contributed by atoms with Crippen LogP contribution in [0.25, 0.3) is 0 Å². The summed E-state index contributed by atoms with van der Waals surface area (Å²) in [6, 6.07) is 7.77. The van der Waals surface area contributed by atoms with Crippen molar-refractivity contribution in [2.45, 2.75) is 31.6 Å². The molecule has 1 aromatic rings. The van der Waals surface area contributed by atoms with Gasteiger partial charge in [-0.15, -0.1) is 0 Å². The molecule has 18 heavy (non-hydrogen) atoms. The van der Waals surface area contributed by atoms with Gasteiger partial charge in [0.2, 0.25) is 10.0 Å². The van der Waals surface area contributed by atoms with Gasteiger partial charge in [0.25, 0.3) is 0 Å². The van der Waals surface area contributed by atoms with Crippen molar-refractivity contribution in [2.24, 2.45) is 0 Å². The van der Waals surface area contributed by atoms with Gasteiger partial charge in [0.15, 0.2) is 0 Å². The van der Waals surface area contributed by atoms with Crippen LogP contribution in [0.15, 0.2) is 30.3 Å². The third-order valence-electron chi connectivity index (χ3n) is 2.51. The monoisotopic (exact) mass is 271 g/mol. The summed E-state index contributed by atoms with van der Waals surface area (Å²) in [4.78, 5) is 11.1. The van der Waals surface area contributed by atoms with Crippen LogP contribution in [0, 0.1) is 0 Å². The van der Waals surface area contributed by atoms with Gasteiger partial charge in [-0.25, -0.2) is 13.1 Å². The minimum Gasteiger partial charge on any atom is -0.480 e. The molecule has 6 heteroatoms. The molecule has 0 unspecified atom stereocenters. The Morgan fingerprint density at radius 1 is 1.28 bits per heavy atom. The molecule has 1 aromatic carbocycles. The number of nitrogens with one attached hydrogen (secondary N) is 1. The van der Waals surface area contributed by atoms with Crippen LogP contribution in [0.3, 0.4) is 0 Å². The maximum absolute atomic E-state index is 11.7. The van der Waals surface area contributed by atoms with Crippen LogP contribution in [0.5, 0.6) is 0 Å². The van der Waals surface area contributed by atoms with E-state index in [0.717, 1.165) is 5.56 Å². The maximum Gasteiger partial charge on any atom is 0.322 e. The molecule has 0 saturated carbocycles. The van der Waals surface area contributed by atoms with Crippen LogP contribution in [-0.2, 0) is 21.2 Å². The fourth-order valence-electron chi connectivity index (χ4n) is 1.36. The van der Waals surface area contributed by atoms with Crippen molar-refractivity contribution >= 4 is 16.0 Å². The van der Waals surface area contributed by atoms with Crippen molar-refractivity contribution < 1.29 is 18.3 Å². The minimum absolute atomic E-state index is 0.127. The molecule has 0 spiro atoms. The molecule has 0 aliphatic carbocycles. The minimum atomic E-state index is -3.59. The summed E-state index contributed by atoms with van der Waals surface area (Å²) in [6.45, 7) is 3.01. The molecule has 1 rings (SSSR count). The summed E-state index contributed by atoms with van der Waals surface area (Å²) >= 11 is 0. The zero-order valence-corrected chi connectivity index (χ0v) is 11.1. The number of sulfonamides is 1. The quantitative estimate of drug-likeness (QED) is 0.809. The lowest BCUT2D eigenvalue weighted by Crippen LogP contribution is -2.44. The van der Waals surface area contributed by atoms with Crippen LogP contribution in [0.4, 0.5) is 0 Å². The molecule has 0 aliphatic heterocycles. The van der Waals surface area contributed by atoms with Crippen LogP contribution >= 0.6 is 0 Å². The highest BCUT2D eigenvalue weighted by atomic mass is 32.2. The van der Waals surface area contributed by atoms with Crippen molar-refractivity contribution in [3.63, 3.8) is 0 Å². The molecule has 5 nitrogen and oxygen atoms in total. The van der Waals surface area contributed by atoms with Gasteiger partial charge >= 0.3 is 5.97 Å². The summed E-state index contributed by atoms with van der Waals surface area (Å²) in [7, 11) is -3.59. The van der Waals surface area contributed by atoms with Gasteiger partial charge in [0.05, 0.1) is 5.25 Å². The zero-order chi connectivity index (χ0) is 13.8. The van der Waals surface area contributed by atoms with Crippen molar-refractivity contribution in [1.29, 1.82) is 0 Å². The summed E-state index contributed by atoms with van der Waals surface area (Å²) in [5.41, 5.74) is 0.774. The SMILES string of the molecule is CC(C)S(=O)(=O)N[C@@H](Cc1ccccc1)C(=O)O. The number of rotatable bonds is 6. The highest BCUT2D eigenvalue weighted by molar-refractivity contribution is 7.90. The van der Waals surface area contributed by atoms with Crippen LogP contribution in [-0.4, -0.2) is 30.8 Å². The molecule has 0 heterocycles. The standard InChI is InChI=1S/C12H17NO4S/c1-9(2)18(16,17)13-11(12(14)15)8-10-6-4-3-5-7-10/h3-7,9,11,13H,8H2,1-2H3,(H,14,15)/t11-/m0/s1. The predicted molar refractivity (Wildman–Crippen MR) is 68.8 cm³/mol. The number of hydrogen-bond donors (Lipinski definition) is 2. The van der Waals surface area contributed by atoms with E-state index < -0.39 is 27.3 Å². The fraction of sp³-hybridized carbons (Fsp3) is 0.417. The Morgan fingerprint density at radius 3 is 2.28 bits per heavy atom. The molecule has 0 saturated heterocycles. The Labute approximate surface area is 107 Å². The van der Waals surface area contributed by atoms with Crippen LogP contribution in [0.2, 0.25) is 0 Å². The van der Waals surface area contributed by atoms with E-state index in [2.05, 4.69) is 4.72 Å². The number of aliphatic carboxylic acids is 1. The first kappa shape index (κ1) is 14.7. The number of hydrogen-bond acceptors (Lipinski definition) is 3. The first-order valence-corrected chi connectivity index (χ1v) is 7.15. The molecule has 0 fully saturated rings. The van der Waals surface area contributed by atoms with Gasteiger partial charge in [-0.05, 0) is 25.8 Å². The Hall–Kier alpha value is -1.40. The van der Waals surface area contributed by atoms with Crippen molar-refractivity contribution in [1.82, 2.24) is 4.72 Å². The summed E-state index contributed by atoms with van der Waals surface area (Å²) < 4.78 is 25.5. The number of carboxylic acids is 1. The Kier molecular flexibility index (Phi) is 4.86. The topological polar surface area (TPSA) is 83.5 Å². The number of carbonyl (C=O) groups is 1. The van der Waals surface area contributed by atoms with Crippen molar-refractivity contribution in [3.05, 3.63) is 35.9 Å². The summed E-state index contributed by atoms with van der Waals surface area (Å²) in [5, 5.41) is 8.40. The molecule has 0 aromatic heterocycles. The fourth-order valence-corrected chi connectivity index (χ4v) is 2.22. The average molecular weight is 271 g/mol. The van der Waals surface area contributed by atoms with Gasteiger partial charge in [0.1, 0.15) is 6.04 Å². The molecule has 0 bridgehead atoms. The van der Waals surface area contributed by atoms with Gasteiger partial charge in [-0.3, -0.25) is 4.79 Å². The second-order valence-corrected chi connectivity index (χ2v) is 6.56. The first-order chi connectivity index (χ1) is 8.33. The smallest absolute Gasteiger partial charge is 0.322 e. The molecule has 2 N–H and O–H groups in total. The number of carboxylic acid groups (broad SMARTS) is 1. The van der Waals surface area contributed by atoms with E-state index in [4.69, 9.17) is 5.11 Å². The number of benzene rings is 1. The third kappa shape index (κ3) is 4.12. The second kappa shape index (κ2) is 5.97. The van der Waals surface area contributed by atoms with Crippen LogP contribution in [0.1, 0.15) is 19.4 Å². The average Bonchev–Trinajstić information content (AvgIpc) is 2.29. The van der Waals surface area contributed by atoms with E-state index in [9.17, 15) is 13.2 Å². The van der Waals surface area contributed by atoms with E-state index in [-0.39, 0.29) is 6.42 Å². The largest absolute Gasteiger partial charge is 0.480 e. The zero-order valence-electron chi connectivity index (χ0n) is 10.3. The highest BCUT2D eigenvalue weighted by Crippen LogP contribution is 2.06. The Bertz CT molecular complexity index is 496. The molecule has 0 radical (unpaired) electrons. The lowest BCUT2D eigenvalue weighted by Gasteiger charge is -2.16. The van der Waals surface area contributed by atoms with Crippen molar-refractivity contribution in [3.8, 4) is 0 Å². The normalized spacial score (nSPS) is 13.5. The first-order valence-electron chi connectivity index (χ1n) is 5.61. The Balaban J connectivity index is 2.83. The molecular weight excluding hydrogens is 254 g/mol. The Morgan fingerprint density at radius 2 is 1.83 bits per heavy atom. The summed E-state index contributed by atoms with van der Waals surface area (Å²) in [5.74, 6) is -1.18. The van der Waals surface area contributed by atoms with E-state index in [0.29, 0.717) is 0 Å². The molecule has 1 atom stereocenters. The predicted octanol–water partition coefficient (Wildman–Crippen LogP) is 1.01. The van der Waals surface area contributed by atoms with Gasteiger partial charge in [-0.1, -0.05) is 30.3 Å². The summed E-state index contributed by atoms with van der Waals surface area (Å²) in [6.07, 6.45) is 0.127.